The highest BCUT2D eigenvalue weighted by atomic mass is 127. The molecule has 27 heavy (non-hydrogen) atoms. The Balaban J connectivity index is 0.00000364. The molecule has 0 amide bonds. The van der Waals surface area contributed by atoms with Crippen molar-refractivity contribution in [3.63, 3.8) is 0 Å². The first kappa shape index (κ1) is 24.0. The molecule has 1 aromatic rings. The number of aliphatic hydroxyl groups is 1. The van der Waals surface area contributed by atoms with Crippen molar-refractivity contribution in [3.8, 4) is 5.75 Å². The molecule has 2 rings (SSSR count). The first-order valence-electron chi connectivity index (χ1n) is 9.45. The van der Waals surface area contributed by atoms with Crippen molar-refractivity contribution < 1.29 is 14.6 Å². The number of hydrogen-bond donors (Lipinski definition) is 3. The number of guanidine groups is 1. The first-order chi connectivity index (χ1) is 12.6. The SMILES string of the molecule is CN=C(NCCOc1ccccc1C(C)C)NCC1(CCO)CCOC1.I. The van der Waals surface area contributed by atoms with Crippen LogP contribution in [-0.4, -0.2) is 57.6 Å². The minimum Gasteiger partial charge on any atom is -0.491 e. The summed E-state index contributed by atoms with van der Waals surface area (Å²) in [7, 11) is 1.76. The van der Waals surface area contributed by atoms with E-state index >= 15 is 0 Å². The summed E-state index contributed by atoms with van der Waals surface area (Å²) >= 11 is 0. The molecule has 1 atom stereocenters. The Labute approximate surface area is 180 Å². The Morgan fingerprint density at radius 1 is 1.33 bits per heavy atom. The molecule has 1 unspecified atom stereocenters. The Morgan fingerprint density at radius 2 is 2.11 bits per heavy atom. The lowest BCUT2D eigenvalue weighted by Gasteiger charge is -2.27. The highest BCUT2D eigenvalue weighted by Gasteiger charge is 2.34. The van der Waals surface area contributed by atoms with Gasteiger partial charge in [-0.2, -0.15) is 0 Å². The number of aliphatic hydroxyl groups excluding tert-OH is 1. The maximum atomic E-state index is 9.31. The van der Waals surface area contributed by atoms with E-state index in [1.54, 1.807) is 7.05 Å². The molecule has 154 valence electrons. The van der Waals surface area contributed by atoms with E-state index in [2.05, 4.69) is 35.5 Å². The number of aliphatic imine (C=N–C) groups is 1. The van der Waals surface area contributed by atoms with Crippen molar-refractivity contribution in [3.05, 3.63) is 29.8 Å². The second-order valence-corrected chi connectivity index (χ2v) is 7.17. The normalized spacial score (nSPS) is 19.7. The zero-order chi connectivity index (χ0) is 18.8. The highest BCUT2D eigenvalue weighted by molar-refractivity contribution is 14.0. The molecule has 3 N–H and O–H groups in total. The topological polar surface area (TPSA) is 75.1 Å². The van der Waals surface area contributed by atoms with Gasteiger partial charge in [-0.1, -0.05) is 32.0 Å². The first-order valence-corrected chi connectivity index (χ1v) is 9.45. The van der Waals surface area contributed by atoms with Gasteiger partial charge in [0.25, 0.3) is 0 Å². The summed E-state index contributed by atoms with van der Waals surface area (Å²) in [4.78, 5) is 4.27. The molecule has 0 aliphatic carbocycles. The van der Waals surface area contributed by atoms with Crippen LogP contribution in [0.3, 0.4) is 0 Å². The van der Waals surface area contributed by atoms with Crippen LogP contribution in [0, 0.1) is 5.41 Å². The molecule has 0 bridgehead atoms. The lowest BCUT2D eigenvalue weighted by Crippen LogP contribution is -2.45. The van der Waals surface area contributed by atoms with Crippen LogP contribution < -0.4 is 15.4 Å². The van der Waals surface area contributed by atoms with Gasteiger partial charge < -0.3 is 25.2 Å². The van der Waals surface area contributed by atoms with Crippen molar-refractivity contribution in [1.29, 1.82) is 0 Å². The van der Waals surface area contributed by atoms with Crippen molar-refractivity contribution >= 4 is 29.9 Å². The van der Waals surface area contributed by atoms with Crippen LogP contribution in [0.1, 0.15) is 38.2 Å². The summed E-state index contributed by atoms with van der Waals surface area (Å²) < 4.78 is 11.5. The number of benzene rings is 1. The molecule has 0 radical (unpaired) electrons. The Morgan fingerprint density at radius 3 is 2.74 bits per heavy atom. The van der Waals surface area contributed by atoms with E-state index in [0.717, 1.165) is 37.7 Å². The van der Waals surface area contributed by atoms with Crippen LogP contribution in [0.5, 0.6) is 5.75 Å². The van der Waals surface area contributed by atoms with Crippen LogP contribution in [-0.2, 0) is 4.74 Å². The van der Waals surface area contributed by atoms with Crippen molar-refractivity contribution in [1.82, 2.24) is 10.6 Å². The number of para-hydroxylation sites is 1. The molecule has 0 spiro atoms. The van der Waals surface area contributed by atoms with E-state index in [4.69, 9.17) is 9.47 Å². The number of nitrogens with zero attached hydrogens (tertiary/aromatic N) is 1. The summed E-state index contributed by atoms with van der Waals surface area (Å²) in [5.41, 5.74) is 1.22. The molecule has 1 aliphatic heterocycles. The summed E-state index contributed by atoms with van der Waals surface area (Å²) in [5.74, 6) is 2.12. The lowest BCUT2D eigenvalue weighted by atomic mass is 9.84. The third-order valence-electron chi connectivity index (χ3n) is 4.87. The molecule has 1 aliphatic rings. The van der Waals surface area contributed by atoms with Gasteiger partial charge in [0.05, 0.1) is 13.2 Å². The van der Waals surface area contributed by atoms with Gasteiger partial charge in [-0.25, -0.2) is 0 Å². The second kappa shape index (κ2) is 12.4. The summed E-state index contributed by atoms with van der Waals surface area (Å²) in [5, 5.41) is 16.0. The highest BCUT2D eigenvalue weighted by Crippen LogP contribution is 2.31. The standard InChI is InChI=1S/C20H33N3O3.HI/c1-16(2)17-6-4-5-7-18(17)26-13-10-22-19(21-3)23-14-20(8-11-24)9-12-25-15-20;/h4-7,16,24H,8-15H2,1-3H3,(H2,21,22,23);1H. The Kier molecular flexibility index (Phi) is 11.0. The van der Waals surface area contributed by atoms with Gasteiger partial charge in [0.2, 0.25) is 0 Å². The van der Waals surface area contributed by atoms with Gasteiger partial charge in [0.1, 0.15) is 12.4 Å². The zero-order valence-electron chi connectivity index (χ0n) is 16.7. The van der Waals surface area contributed by atoms with Crippen molar-refractivity contribution in [2.24, 2.45) is 10.4 Å². The minimum absolute atomic E-state index is 0. The van der Waals surface area contributed by atoms with E-state index in [9.17, 15) is 5.11 Å². The number of hydrogen-bond acceptors (Lipinski definition) is 4. The molecular formula is C20H34IN3O3. The maximum absolute atomic E-state index is 9.31. The molecule has 6 nitrogen and oxygen atoms in total. The van der Waals surface area contributed by atoms with E-state index in [1.807, 2.05) is 18.2 Å². The summed E-state index contributed by atoms with van der Waals surface area (Å²) in [6.07, 6.45) is 1.71. The molecule has 7 heteroatoms. The average molecular weight is 491 g/mol. The lowest BCUT2D eigenvalue weighted by molar-refractivity contribution is 0.127. The van der Waals surface area contributed by atoms with Crippen LogP contribution in [0.15, 0.2) is 29.3 Å². The predicted molar refractivity (Wildman–Crippen MR) is 120 cm³/mol. The third-order valence-corrected chi connectivity index (χ3v) is 4.87. The largest absolute Gasteiger partial charge is 0.491 e. The fourth-order valence-corrected chi connectivity index (χ4v) is 3.22. The van der Waals surface area contributed by atoms with Crippen molar-refractivity contribution in [2.75, 3.05) is 46.6 Å². The van der Waals surface area contributed by atoms with Crippen LogP contribution in [0.2, 0.25) is 0 Å². The molecule has 1 fully saturated rings. The Bertz CT molecular complexity index is 575. The third kappa shape index (κ3) is 7.46. The number of rotatable bonds is 9. The minimum atomic E-state index is -0.000918. The zero-order valence-corrected chi connectivity index (χ0v) is 19.0. The quantitative estimate of drug-likeness (QED) is 0.215. The van der Waals surface area contributed by atoms with E-state index < -0.39 is 0 Å². The molecule has 1 heterocycles. The number of ether oxygens (including phenoxy) is 2. The van der Waals surface area contributed by atoms with Crippen LogP contribution in [0.25, 0.3) is 0 Å². The monoisotopic (exact) mass is 491 g/mol. The van der Waals surface area contributed by atoms with E-state index in [-0.39, 0.29) is 36.0 Å². The van der Waals surface area contributed by atoms with Gasteiger partial charge in [-0.05, 0) is 30.4 Å². The molecule has 1 saturated heterocycles. The van der Waals surface area contributed by atoms with Gasteiger partial charge in [0, 0.05) is 32.2 Å². The van der Waals surface area contributed by atoms with Crippen LogP contribution in [0.4, 0.5) is 0 Å². The molecular weight excluding hydrogens is 457 g/mol. The van der Waals surface area contributed by atoms with Gasteiger partial charge in [0.15, 0.2) is 5.96 Å². The number of nitrogens with one attached hydrogen (secondary N) is 2. The maximum Gasteiger partial charge on any atom is 0.191 e. The van der Waals surface area contributed by atoms with Crippen LogP contribution >= 0.6 is 24.0 Å². The van der Waals surface area contributed by atoms with Gasteiger partial charge in [-0.3, -0.25) is 4.99 Å². The molecule has 0 saturated carbocycles. The number of halogens is 1. The summed E-state index contributed by atoms with van der Waals surface area (Å²) in [6, 6.07) is 8.17. The van der Waals surface area contributed by atoms with Crippen molar-refractivity contribution in [2.45, 2.75) is 32.6 Å². The molecule has 0 aromatic heterocycles. The smallest absolute Gasteiger partial charge is 0.191 e. The van der Waals surface area contributed by atoms with Gasteiger partial charge in [-0.15, -0.1) is 24.0 Å². The van der Waals surface area contributed by atoms with Gasteiger partial charge >= 0.3 is 0 Å². The fraction of sp³-hybridized carbons (Fsp3) is 0.650. The Hall–Kier alpha value is -1.06. The summed E-state index contributed by atoms with van der Waals surface area (Å²) in [6.45, 7) is 7.93. The van der Waals surface area contributed by atoms with E-state index in [1.165, 1.54) is 5.56 Å². The fourth-order valence-electron chi connectivity index (χ4n) is 3.22. The predicted octanol–water partition coefficient (Wildman–Crippen LogP) is 2.76. The van der Waals surface area contributed by atoms with E-state index in [0.29, 0.717) is 25.7 Å². The average Bonchev–Trinajstić information content (AvgIpc) is 3.10. The second-order valence-electron chi connectivity index (χ2n) is 7.17. The molecule has 1 aromatic carbocycles.